The van der Waals surface area contributed by atoms with Crippen molar-refractivity contribution < 1.29 is 0 Å². The topological polar surface area (TPSA) is 56.2 Å². The average molecular weight is 266 g/mol. The van der Waals surface area contributed by atoms with Crippen LogP contribution in [0.25, 0.3) is 5.65 Å². The zero-order chi connectivity index (χ0) is 14.1. The number of hydrogen-bond acceptors (Lipinski definition) is 3. The van der Waals surface area contributed by atoms with Crippen LogP contribution in [0.3, 0.4) is 0 Å². The van der Waals surface area contributed by atoms with Crippen molar-refractivity contribution in [1.29, 1.82) is 0 Å². The van der Waals surface area contributed by atoms with Crippen LogP contribution in [0.1, 0.15) is 22.6 Å². The lowest BCUT2D eigenvalue weighted by Gasteiger charge is -2.05. The van der Waals surface area contributed by atoms with Crippen LogP contribution in [0.15, 0.2) is 36.4 Å². The standard InChI is InChI=1S/C16H18N4/c1-11-3-6-13(7-4-11)8-10-15-18-19-16-14(17)9-5-12(2)20(15)16/h3-7,9H,8,10,17H2,1-2H3. The first-order valence-corrected chi connectivity index (χ1v) is 6.80. The van der Waals surface area contributed by atoms with Crippen molar-refractivity contribution in [2.75, 3.05) is 5.73 Å². The summed E-state index contributed by atoms with van der Waals surface area (Å²) in [5.74, 6) is 0.963. The summed E-state index contributed by atoms with van der Waals surface area (Å²) in [6, 6.07) is 12.5. The second kappa shape index (κ2) is 4.96. The van der Waals surface area contributed by atoms with Gasteiger partial charge in [-0.3, -0.25) is 4.40 Å². The molecule has 2 N–H and O–H groups in total. The highest BCUT2D eigenvalue weighted by atomic mass is 15.3. The largest absolute Gasteiger partial charge is 0.396 e. The van der Waals surface area contributed by atoms with E-state index in [1.807, 2.05) is 23.5 Å². The summed E-state index contributed by atoms with van der Waals surface area (Å²) in [6.07, 6.45) is 1.81. The van der Waals surface area contributed by atoms with Gasteiger partial charge in [0.05, 0.1) is 5.69 Å². The van der Waals surface area contributed by atoms with Gasteiger partial charge in [0, 0.05) is 12.1 Å². The molecule has 0 spiro atoms. The number of hydrogen-bond donors (Lipinski definition) is 1. The summed E-state index contributed by atoms with van der Waals surface area (Å²) < 4.78 is 2.05. The summed E-state index contributed by atoms with van der Waals surface area (Å²) in [5, 5.41) is 8.48. The van der Waals surface area contributed by atoms with E-state index in [9.17, 15) is 0 Å². The Morgan fingerprint density at radius 3 is 2.45 bits per heavy atom. The Morgan fingerprint density at radius 1 is 0.950 bits per heavy atom. The molecule has 4 nitrogen and oxygen atoms in total. The van der Waals surface area contributed by atoms with Crippen molar-refractivity contribution in [2.45, 2.75) is 26.7 Å². The van der Waals surface area contributed by atoms with E-state index >= 15 is 0 Å². The van der Waals surface area contributed by atoms with Gasteiger partial charge in [0.2, 0.25) is 0 Å². The van der Waals surface area contributed by atoms with Crippen molar-refractivity contribution in [3.63, 3.8) is 0 Å². The number of aromatic nitrogens is 3. The van der Waals surface area contributed by atoms with Crippen LogP contribution in [-0.4, -0.2) is 14.6 Å². The monoisotopic (exact) mass is 266 g/mol. The predicted molar refractivity (Wildman–Crippen MR) is 80.7 cm³/mol. The molecule has 4 heteroatoms. The maximum absolute atomic E-state index is 5.94. The number of pyridine rings is 1. The van der Waals surface area contributed by atoms with Gasteiger partial charge in [-0.05, 0) is 38.0 Å². The van der Waals surface area contributed by atoms with Gasteiger partial charge >= 0.3 is 0 Å². The minimum Gasteiger partial charge on any atom is -0.396 e. The number of benzene rings is 1. The van der Waals surface area contributed by atoms with Gasteiger partial charge in [-0.2, -0.15) is 0 Å². The maximum atomic E-state index is 5.94. The molecule has 0 atom stereocenters. The average Bonchev–Trinajstić information content (AvgIpc) is 2.88. The highest BCUT2D eigenvalue weighted by molar-refractivity contribution is 5.64. The molecule has 3 aromatic rings. The number of nitrogens with two attached hydrogens (primary N) is 1. The maximum Gasteiger partial charge on any atom is 0.184 e. The highest BCUT2D eigenvalue weighted by Crippen LogP contribution is 2.16. The molecular formula is C16H18N4. The Morgan fingerprint density at radius 2 is 1.70 bits per heavy atom. The Labute approximate surface area is 118 Å². The Bertz CT molecular complexity index is 741. The van der Waals surface area contributed by atoms with E-state index in [0.717, 1.165) is 30.0 Å². The van der Waals surface area contributed by atoms with Crippen molar-refractivity contribution in [1.82, 2.24) is 14.6 Å². The third kappa shape index (κ3) is 2.25. The lowest BCUT2D eigenvalue weighted by Crippen LogP contribution is -2.02. The SMILES string of the molecule is Cc1ccc(CCc2nnc3c(N)ccc(C)n23)cc1. The number of aryl methyl sites for hydroxylation is 4. The molecule has 0 aliphatic rings. The molecule has 0 saturated heterocycles. The van der Waals surface area contributed by atoms with Crippen LogP contribution < -0.4 is 5.73 Å². The van der Waals surface area contributed by atoms with E-state index < -0.39 is 0 Å². The fourth-order valence-electron chi connectivity index (χ4n) is 2.41. The van der Waals surface area contributed by atoms with E-state index in [1.165, 1.54) is 11.1 Å². The van der Waals surface area contributed by atoms with Crippen LogP contribution in [0, 0.1) is 13.8 Å². The van der Waals surface area contributed by atoms with E-state index in [-0.39, 0.29) is 0 Å². The van der Waals surface area contributed by atoms with E-state index in [2.05, 4.69) is 41.4 Å². The number of nitrogen functional groups attached to an aromatic ring is 1. The second-order valence-electron chi connectivity index (χ2n) is 5.19. The van der Waals surface area contributed by atoms with Gasteiger partial charge in [-0.1, -0.05) is 29.8 Å². The van der Waals surface area contributed by atoms with Crippen LogP contribution in [-0.2, 0) is 12.8 Å². The third-order valence-electron chi connectivity index (χ3n) is 3.60. The molecule has 2 heterocycles. The Kier molecular flexibility index (Phi) is 3.14. The number of fused-ring (bicyclic) bond motifs is 1. The normalized spacial score (nSPS) is 11.1. The fourth-order valence-corrected chi connectivity index (χ4v) is 2.41. The molecule has 0 aliphatic heterocycles. The molecule has 1 aromatic carbocycles. The number of rotatable bonds is 3. The lowest BCUT2D eigenvalue weighted by atomic mass is 10.1. The highest BCUT2D eigenvalue weighted by Gasteiger charge is 2.10. The second-order valence-corrected chi connectivity index (χ2v) is 5.19. The molecule has 102 valence electrons. The van der Waals surface area contributed by atoms with Crippen LogP contribution in [0.4, 0.5) is 5.69 Å². The minimum atomic E-state index is 0.671. The lowest BCUT2D eigenvalue weighted by molar-refractivity contribution is 0.829. The molecule has 2 aromatic heterocycles. The first kappa shape index (κ1) is 12.7. The molecule has 0 saturated carbocycles. The Hall–Kier alpha value is -2.36. The molecule has 3 rings (SSSR count). The molecule has 0 unspecified atom stereocenters. The van der Waals surface area contributed by atoms with E-state index in [4.69, 9.17) is 5.73 Å². The van der Waals surface area contributed by atoms with Crippen molar-refractivity contribution in [2.24, 2.45) is 0 Å². The van der Waals surface area contributed by atoms with Crippen molar-refractivity contribution in [3.8, 4) is 0 Å². The first-order chi connectivity index (χ1) is 9.65. The Balaban J connectivity index is 1.88. The van der Waals surface area contributed by atoms with Gasteiger partial charge in [0.25, 0.3) is 0 Å². The van der Waals surface area contributed by atoms with Crippen LogP contribution in [0.2, 0.25) is 0 Å². The number of nitrogens with zero attached hydrogens (tertiary/aromatic N) is 3. The van der Waals surface area contributed by atoms with Gasteiger partial charge in [-0.25, -0.2) is 0 Å². The first-order valence-electron chi connectivity index (χ1n) is 6.80. The number of anilines is 1. The smallest absolute Gasteiger partial charge is 0.184 e. The summed E-state index contributed by atoms with van der Waals surface area (Å²) in [6.45, 7) is 4.15. The van der Waals surface area contributed by atoms with E-state index in [0.29, 0.717) is 5.69 Å². The summed E-state index contributed by atoms with van der Waals surface area (Å²) >= 11 is 0. The molecular weight excluding hydrogens is 248 g/mol. The fraction of sp³-hybridized carbons (Fsp3) is 0.250. The minimum absolute atomic E-state index is 0.671. The molecule has 20 heavy (non-hydrogen) atoms. The zero-order valence-corrected chi connectivity index (χ0v) is 11.8. The molecule has 0 aliphatic carbocycles. The molecule has 0 radical (unpaired) electrons. The van der Waals surface area contributed by atoms with Crippen molar-refractivity contribution >= 4 is 11.3 Å². The van der Waals surface area contributed by atoms with Crippen molar-refractivity contribution in [3.05, 3.63) is 59.0 Å². The van der Waals surface area contributed by atoms with Gasteiger partial charge < -0.3 is 5.73 Å². The van der Waals surface area contributed by atoms with Crippen LogP contribution in [0.5, 0.6) is 0 Å². The predicted octanol–water partition coefficient (Wildman–Crippen LogP) is 2.71. The van der Waals surface area contributed by atoms with Gasteiger partial charge in [-0.15, -0.1) is 10.2 Å². The zero-order valence-electron chi connectivity index (χ0n) is 11.8. The molecule has 0 amide bonds. The molecule has 0 bridgehead atoms. The van der Waals surface area contributed by atoms with Gasteiger partial charge in [0.1, 0.15) is 5.82 Å². The summed E-state index contributed by atoms with van der Waals surface area (Å²) in [7, 11) is 0. The van der Waals surface area contributed by atoms with Crippen LogP contribution >= 0.6 is 0 Å². The third-order valence-corrected chi connectivity index (χ3v) is 3.60. The summed E-state index contributed by atoms with van der Waals surface area (Å²) in [4.78, 5) is 0. The molecule has 0 fully saturated rings. The quantitative estimate of drug-likeness (QED) is 0.793. The van der Waals surface area contributed by atoms with E-state index in [1.54, 1.807) is 0 Å². The van der Waals surface area contributed by atoms with Gasteiger partial charge in [0.15, 0.2) is 5.65 Å². The summed E-state index contributed by atoms with van der Waals surface area (Å²) in [5.41, 5.74) is 11.1.